The van der Waals surface area contributed by atoms with Gasteiger partial charge in [-0.15, -0.1) is 0 Å². The van der Waals surface area contributed by atoms with Crippen LogP contribution < -0.4 is 0 Å². The second kappa shape index (κ2) is 5.21. The smallest absolute Gasteiger partial charge is 0.0484 e. The van der Waals surface area contributed by atoms with Crippen LogP contribution in [0.5, 0.6) is 0 Å². The highest BCUT2D eigenvalue weighted by atomic mass is 15.2. The summed E-state index contributed by atoms with van der Waals surface area (Å²) in [6, 6.07) is 10.5. The van der Waals surface area contributed by atoms with E-state index < -0.39 is 0 Å². The van der Waals surface area contributed by atoms with Crippen LogP contribution in [0.3, 0.4) is 0 Å². The van der Waals surface area contributed by atoms with Crippen LogP contribution in [0.25, 0.3) is 10.4 Å². The number of nitrogens with zero attached hydrogens (tertiary/aromatic N) is 4. The fourth-order valence-electron chi connectivity index (χ4n) is 2.24. The van der Waals surface area contributed by atoms with Gasteiger partial charge in [0.25, 0.3) is 0 Å². The molecule has 0 atom stereocenters. The average molecular weight is 230 g/mol. The van der Waals surface area contributed by atoms with Gasteiger partial charge in [0.05, 0.1) is 0 Å². The molecule has 0 unspecified atom stereocenters. The van der Waals surface area contributed by atoms with Gasteiger partial charge in [-0.25, -0.2) is 0 Å². The number of likely N-dealkylation sites (tertiary alicyclic amines) is 1. The van der Waals surface area contributed by atoms with E-state index in [0.29, 0.717) is 0 Å². The van der Waals surface area contributed by atoms with E-state index in [9.17, 15) is 0 Å². The van der Waals surface area contributed by atoms with Crippen molar-refractivity contribution in [3.63, 3.8) is 0 Å². The van der Waals surface area contributed by atoms with Gasteiger partial charge in [-0.3, -0.25) is 4.90 Å². The molecule has 1 aromatic rings. The summed E-state index contributed by atoms with van der Waals surface area (Å²) in [5.41, 5.74) is 9.70. The summed E-state index contributed by atoms with van der Waals surface area (Å²) in [7, 11) is 0. The maximum Gasteiger partial charge on any atom is 0.0484 e. The summed E-state index contributed by atoms with van der Waals surface area (Å²) in [5.74, 6) is 0. The molecular weight excluding hydrogens is 212 g/mol. The van der Waals surface area contributed by atoms with Gasteiger partial charge in [0.15, 0.2) is 0 Å². The zero-order valence-electron chi connectivity index (χ0n) is 10.2. The van der Waals surface area contributed by atoms with Crippen molar-refractivity contribution in [2.75, 3.05) is 13.1 Å². The standard InChI is InChI=1S/C13H18N4/c1-13(15-16-14)7-9-17(10-8-13)11-12-5-3-2-4-6-12/h2-6H,7-11H2,1H3. The molecule has 17 heavy (non-hydrogen) atoms. The fraction of sp³-hybridized carbons (Fsp3) is 0.538. The van der Waals surface area contributed by atoms with E-state index in [-0.39, 0.29) is 5.54 Å². The molecule has 0 aliphatic carbocycles. The van der Waals surface area contributed by atoms with Crippen LogP contribution in [0, 0.1) is 0 Å². The normalized spacial score (nSPS) is 19.6. The summed E-state index contributed by atoms with van der Waals surface area (Å²) in [6.07, 6.45) is 1.90. The lowest BCUT2D eigenvalue weighted by Gasteiger charge is -2.36. The third-order valence-corrected chi connectivity index (χ3v) is 3.47. The zero-order chi connectivity index (χ0) is 12.1. The first-order valence-electron chi connectivity index (χ1n) is 6.04. The molecule has 0 radical (unpaired) electrons. The predicted molar refractivity (Wildman–Crippen MR) is 68.5 cm³/mol. The van der Waals surface area contributed by atoms with E-state index in [4.69, 9.17) is 5.53 Å². The molecule has 0 N–H and O–H groups in total. The van der Waals surface area contributed by atoms with E-state index in [2.05, 4.69) is 39.2 Å². The summed E-state index contributed by atoms with van der Waals surface area (Å²) >= 11 is 0. The number of benzene rings is 1. The molecule has 4 nitrogen and oxygen atoms in total. The lowest BCUT2D eigenvalue weighted by molar-refractivity contribution is 0.165. The van der Waals surface area contributed by atoms with Gasteiger partial charge in [-0.2, -0.15) is 0 Å². The predicted octanol–water partition coefficient (Wildman–Crippen LogP) is 3.35. The number of hydrogen-bond donors (Lipinski definition) is 0. The molecule has 4 heteroatoms. The van der Waals surface area contributed by atoms with E-state index in [1.54, 1.807) is 0 Å². The van der Waals surface area contributed by atoms with Crippen LogP contribution >= 0.6 is 0 Å². The highest BCUT2D eigenvalue weighted by Gasteiger charge is 2.28. The first kappa shape index (κ1) is 12.0. The summed E-state index contributed by atoms with van der Waals surface area (Å²) < 4.78 is 0. The van der Waals surface area contributed by atoms with Gasteiger partial charge < -0.3 is 0 Å². The Balaban J connectivity index is 1.90. The quantitative estimate of drug-likeness (QED) is 0.446. The van der Waals surface area contributed by atoms with Gasteiger partial charge in [0.1, 0.15) is 0 Å². The number of rotatable bonds is 3. The second-order valence-electron chi connectivity index (χ2n) is 4.95. The van der Waals surface area contributed by atoms with Crippen LogP contribution in [-0.2, 0) is 6.54 Å². The minimum Gasteiger partial charge on any atom is -0.299 e. The number of hydrogen-bond acceptors (Lipinski definition) is 2. The minimum atomic E-state index is -0.179. The third-order valence-electron chi connectivity index (χ3n) is 3.47. The van der Waals surface area contributed by atoms with Gasteiger partial charge in [-0.1, -0.05) is 42.4 Å². The van der Waals surface area contributed by atoms with E-state index >= 15 is 0 Å². The SMILES string of the molecule is CC1(N=[N+]=[N-])CCN(Cc2ccccc2)CC1. The molecule has 0 amide bonds. The van der Waals surface area contributed by atoms with Crippen LogP contribution in [0.2, 0.25) is 0 Å². The maximum absolute atomic E-state index is 8.53. The fourth-order valence-corrected chi connectivity index (χ4v) is 2.24. The molecule has 1 aliphatic rings. The Kier molecular flexibility index (Phi) is 3.67. The molecule has 0 saturated carbocycles. The molecular formula is C13H18N4. The first-order chi connectivity index (χ1) is 8.22. The summed E-state index contributed by atoms with van der Waals surface area (Å²) in [5, 5.41) is 3.91. The zero-order valence-corrected chi connectivity index (χ0v) is 10.2. The first-order valence-corrected chi connectivity index (χ1v) is 6.04. The van der Waals surface area contributed by atoms with Crippen molar-refractivity contribution in [1.82, 2.24) is 4.90 Å². The Morgan fingerprint density at radius 3 is 2.53 bits per heavy atom. The van der Waals surface area contributed by atoms with Crippen molar-refractivity contribution in [2.45, 2.75) is 31.8 Å². The molecule has 0 aromatic heterocycles. The lowest BCUT2D eigenvalue weighted by Crippen LogP contribution is -2.40. The molecule has 0 bridgehead atoms. The Hall–Kier alpha value is -1.51. The largest absolute Gasteiger partial charge is 0.299 e. The van der Waals surface area contributed by atoms with Gasteiger partial charge in [0, 0.05) is 17.0 Å². The Morgan fingerprint density at radius 2 is 1.94 bits per heavy atom. The van der Waals surface area contributed by atoms with Crippen LogP contribution in [0.1, 0.15) is 25.3 Å². The summed E-state index contributed by atoms with van der Waals surface area (Å²) in [4.78, 5) is 5.37. The molecule has 0 spiro atoms. The Labute approximate surface area is 102 Å². The molecule has 1 fully saturated rings. The van der Waals surface area contributed by atoms with Crippen molar-refractivity contribution in [1.29, 1.82) is 0 Å². The van der Waals surface area contributed by atoms with E-state index in [1.807, 2.05) is 13.0 Å². The number of azide groups is 1. The Bertz CT molecular complexity index is 401. The molecule has 90 valence electrons. The third kappa shape index (κ3) is 3.22. The van der Waals surface area contributed by atoms with E-state index in [1.165, 1.54) is 5.56 Å². The highest BCUT2D eigenvalue weighted by molar-refractivity contribution is 5.14. The van der Waals surface area contributed by atoms with Crippen molar-refractivity contribution in [2.24, 2.45) is 5.11 Å². The average Bonchev–Trinajstić information content (AvgIpc) is 2.34. The molecule has 1 aromatic carbocycles. The minimum absolute atomic E-state index is 0.179. The van der Waals surface area contributed by atoms with Gasteiger partial charge >= 0.3 is 0 Å². The van der Waals surface area contributed by atoms with E-state index in [0.717, 1.165) is 32.5 Å². The lowest BCUT2D eigenvalue weighted by atomic mass is 9.90. The van der Waals surface area contributed by atoms with Crippen molar-refractivity contribution in [3.05, 3.63) is 46.3 Å². The second-order valence-corrected chi connectivity index (χ2v) is 4.95. The molecule has 1 saturated heterocycles. The highest BCUT2D eigenvalue weighted by Crippen LogP contribution is 2.26. The molecule has 1 aliphatic heterocycles. The van der Waals surface area contributed by atoms with Crippen molar-refractivity contribution < 1.29 is 0 Å². The van der Waals surface area contributed by atoms with Crippen LogP contribution in [0.15, 0.2) is 35.4 Å². The topological polar surface area (TPSA) is 52.0 Å². The monoisotopic (exact) mass is 230 g/mol. The van der Waals surface area contributed by atoms with Crippen molar-refractivity contribution >= 4 is 0 Å². The number of piperidine rings is 1. The van der Waals surface area contributed by atoms with Gasteiger partial charge in [-0.05, 0) is 37.0 Å². The molecule has 2 rings (SSSR count). The summed E-state index contributed by atoms with van der Waals surface area (Å²) in [6.45, 7) is 5.05. The Morgan fingerprint density at radius 1 is 1.29 bits per heavy atom. The maximum atomic E-state index is 8.53. The van der Waals surface area contributed by atoms with Crippen molar-refractivity contribution in [3.8, 4) is 0 Å². The van der Waals surface area contributed by atoms with Gasteiger partial charge in [0.2, 0.25) is 0 Å². The van der Waals surface area contributed by atoms with Crippen LogP contribution in [0.4, 0.5) is 0 Å². The molecule has 1 heterocycles. The van der Waals surface area contributed by atoms with Crippen LogP contribution in [-0.4, -0.2) is 23.5 Å².